The number of benzene rings is 1. The molecule has 4 heteroatoms. The van der Waals surface area contributed by atoms with Gasteiger partial charge in [0, 0.05) is 16.3 Å². The number of carbonyl (C=O) groups is 1. The third-order valence-corrected chi connectivity index (χ3v) is 2.84. The smallest absolute Gasteiger partial charge is 0.212 e. The summed E-state index contributed by atoms with van der Waals surface area (Å²) in [4.78, 5) is 16.3. The van der Waals surface area contributed by atoms with Crippen LogP contribution in [0.25, 0.3) is 0 Å². The molecule has 17 heavy (non-hydrogen) atoms. The fraction of sp³-hybridized carbons (Fsp3) is 0.0769. The summed E-state index contributed by atoms with van der Waals surface area (Å²) in [5, 5.41) is 0.842. The van der Waals surface area contributed by atoms with Gasteiger partial charge in [0.25, 0.3) is 0 Å². The van der Waals surface area contributed by atoms with E-state index in [-0.39, 0.29) is 5.78 Å². The van der Waals surface area contributed by atoms with E-state index in [2.05, 4.69) is 4.98 Å². The van der Waals surface area contributed by atoms with Crippen LogP contribution in [0.1, 0.15) is 21.7 Å². The third kappa shape index (κ3) is 2.65. The van der Waals surface area contributed by atoms with E-state index in [1.165, 1.54) is 0 Å². The number of carbonyl (C=O) groups excluding carboxylic acids is 1. The molecule has 2 nitrogen and oxygen atoms in total. The second-order valence-corrected chi connectivity index (χ2v) is 4.46. The van der Waals surface area contributed by atoms with Crippen molar-refractivity contribution in [2.45, 2.75) is 6.92 Å². The topological polar surface area (TPSA) is 30.0 Å². The Morgan fingerprint density at radius 3 is 2.59 bits per heavy atom. The highest BCUT2D eigenvalue weighted by molar-refractivity contribution is 6.37. The van der Waals surface area contributed by atoms with E-state index >= 15 is 0 Å². The number of hydrogen-bond acceptors (Lipinski definition) is 2. The number of aromatic nitrogens is 1. The molecule has 0 fully saturated rings. The van der Waals surface area contributed by atoms with Gasteiger partial charge in [-0.05, 0) is 37.3 Å². The molecule has 0 saturated heterocycles. The number of ketones is 1. The number of halogens is 2. The Labute approximate surface area is 109 Å². The van der Waals surface area contributed by atoms with Gasteiger partial charge in [-0.3, -0.25) is 4.79 Å². The summed E-state index contributed by atoms with van der Waals surface area (Å²) >= 11 is 11.8. The zero-order valence-corrected chi connectivity index (χ0v) is 10.6. The van der Waals surface area contributed by atoms with Crippen LogP contribution in [-0.4, -0.2) is 10.8 Å². The maximum Gasteiger partial charge on any atom is 0.212 e. The van der Waals surface area contributed by atoms with Crippen molar-refractivity contribution < 1.29 is 4.79 Å². The molecule has 1 heterocycles. The molecule has 0 aliphatic carbocycles. The van der Waals surface area contributed by atoms with Crippen molar-refractivity contribution in [3.8, 4) is 0 Å². The predicted octanol–water partition coefficient (Wildman–Crippen LogP) is 3.93. The van der Waals surface area contributed by atoms with E-state index < -0.39 is 0 Å². The van der Waals surface area contributed by atoms with Crippen molar-refractivity contribution in [2.75, 3.05) is 0 Å². The maximum absolute atomic E-state index is 12.1. The normalized spacial score (nSPS) is 10.3. The predicted molar refractivity (Wildman–Crippen MR) is 68.9 cm³/mol. The minimum Gasteiger partial charge on any atom is -0.287 e. The van der Waals surface area contributed by atoms with E-state index in [4.69, 9.17) is 23.2 Å². The minimum atomic E-state index is -0.199. The van der Waals surface area contributed by atoms with Crippen LogP contribution < -0.4 is 0 Å². The molecule has 2 aromatic rings. The molecule has 0 atom stereocenters. The summed E-state index contributed by atoms with van der Waals surface area (Å²) in [5.74, 6) is -0.199. The largest absolute Gasteiger partial charge is 0.287 e. The second kappa shape index (κ2) is 4.86. The summed E-state index contributed by atoms with van der Waals surface area (Å²) in [5.41, 5.74) is 1.59. The van der Waals surface area contributed by atoms with Gasteiger partial charge in [-0.2, -0.15) is 0 Å². The van der Waals surface area contributed by atoms with E-state index in [1.807, 2.05) is 13.0 Å². The highest BCUT2D eigenvalue weighted by Crippen LogP contribution is 2.23. The van der Waals surface area contributed by atoms with Crippen LogP contribution in [0.15, 0.2) is 36.4 Å². The standard InChI is InChI=1S/C13H9Cl2NO/c1-8-3-2-4-12(16-8)13(17)10-6-5-9(14)7-11(10)15/h2-7H,1H3. The highest BCUT2D eigenvalue weighted by atomic mass is 35.5. The summed E-state index contributed by atoms with van der Waals surface area (Å²) < 4.78 is 0. The van der Waals surface area contributed by atoms with E-state index in [1.54, 1.807) is 30.3 Å². The summed E-state index contributed by atoms with van der Waals surface area (Å²) in [6.45, 7) is 1.83. The molecular formula is C13H9Cl2NO. The van der Waals surface area contributed by atoms with Gasteiger partial charge in [-0.15, -0.1) is 0 Å². The lowest BCUT2D eigenvalue weighted by atomic mass is 10.1. The molecule has 0 saturated carbocycles. The Kier molecular flexibility index (Phi) is 3.46. The summed E-state index contributed by atoms with van der Waals surface area (Å²) in [7, 11) is 0. The summed E-state index contributed by atoms with van der Waals surface area (Å²) in [6, 6.07) is 10.1. The van der Waals surface area contributed by atoms with Crippen LogP contribution in [0.3, 0.4) is 0 Å². The van der Waals surface area contributed by atoms with E-state index in [9.17, 15) is 4.79 Å². The van der Waals surface area contributed by atoms with Gasteiger partial charge in [0.2, 0.25) is 5.78 Å². The van der Waals surface area contributed by atoms with Crippen molar-refractivity contribution >= 4 is 29.0 Å². The van der Waals surface area contributed by atoms with Gasteiger partial charge >= 0.3 is 0 Å². The van der Waals surface area contributed by atoms with Crippen molar-refractivity contribution in [3.63, 3.8) is 0 Å². The van der Waals surface area contributed by atoms with Crippen molar-refractivity contribution in [3.05, 3.63) is 63.4 Å². The Hall–Kier alpha value is -1.38. The van der Waals surface area contributed by atoms with Gasteiger partial charge in [0.05, 0.1) is 5.02 Å². The average molecular weight is 266 g/mol. The lowest BCUT2D eigenvalue weighted by Gasteiger charge is -2.04. The Morgan fingerprint density at radius 1 is 1.18 bits per heavy atom. The second-order valence-electron chi connectivity index (χ2n) is 3.62. The number of rotatable bonds is 2. The van der Waals surface area contributed by atoms with Gasteiger partial charge in [-0.25, -0.2) is 4.98 Å². The van der Waals surface area contributed by atoms with Crippen LogP contribution in [0.2, 0.25) is 10.0 Å². The lowest BCUT2D eigenvalue weighted by Crippen LogP contribution is -2.05. The Balaban J connectivity index is 2.44. The molecule has 0 bridgehead atoms. The molecule has 1 aromatic carbocycles. The quantitative estimate of drug-likeness (QED) is 0.771. The molecule has 0 unspecified atom stereocenters. The fourth-order valence-electron chi connectivity index (χ4n) is 1.48. The third-order valence-electron chi connectivity index (χ3n) is 2.30. The molecule has 1 aromatic heterocycles. The SMILES string of the molecule is Cc1cccc(C(=O)c2ccc(Cl)cc2Cl)n1. The van der Waals surface area contributed by atoms with Crippen LogP contribution in [0.4, 0.5) is 0 Å². The number of pyridine rings is 1. The van der Waals surface area contributed by atoms with Crippen LogP contribution in [0, 0.1) is 6.92 Å². The molecule has 86 valence electrons. The molecule has 0 amide bonds. The first-order valence-corrected chi connectivity index (χ1v) is 5.77. The molecule has 0 aliphatic rings. The fourth-order valence-corrected chi connectivity index (χ4v) is 1.98. The van der Waals surface area contributed by atoms with Crippen LogP contribution >= 0.6 is 23.2 Å². The van der Waals surface area contributed by atoms with Gasteiger partial charge < -0.3 is 0 Å². The molecule has 0 aliphatic heterocycles. The zero-order chi connectivity index (χ0) is 12.4. The minimum absolute atomic E-state index is 0.199. The number of nitrogens with zero attached hydrogens (tertiary/aromatic N) is 1. The Morgan fingerprint density at radius 2 is 1.94 bits per heavy atom. The monoisotopic (exact) mass is 265 g/mol. The van der Waals surface area contributed by atoms with Gasteiger partial charge in [-0.1, -0.05) is 29.3 Å². The Bertz CT molecular complexity index is 581. The molecule has 0 radical (unpaired) electrons. The average Bonchev–Trinajstić information content (AvgIpc) is 2.28. The number of hydrogen-bond donors (Lipinski definition) is 0. The molecule has 2 rings (SSSR count). The van der Waals surface area contributed by atoms with Crippen molar-refractivity contribution in [1.82, 2.24) is 4.98 Å². The van der Waals surface area contributed by atoms with E-state index in [0.717, 1.165) is 5.69 Å². The van der Waals surface area contributed by atoms with Crippen LogP contribution in [-0.2, 0) is 0 Å². The summed E-state index contributed by atoms with van der Waals surface area (Å²) in [6.07, 6.45) is 0. The molecule has 0 spiro atoms. The number of aryl methyl sites for hydroxylation is 1. The van der Waals surface area contributed by atoms with Crippen molar-refractivity contribution in [2.24, 2.45) is 0 Å². The van der Waals surface area contributed by atoms with Gasteiger partial charge in [0.15, 0.2) is 0 Å². The molecular weight excluding hydrogens is 257 g/mol. The first kappa shape index (κ1) is 12.1. The maximum atomic E-state index is 12.1. The first-order chi connectivity index (χ1) is 8.08. The molecule has 0 N–H and O–H groups in total. The van der Waals surface area contributed by atoms with Crippen molar-refractivity contribution in [1.29, 1.82) is 0 Å². The highest BCUT2D eigenvalue weighted by Gasteiger charge is 2.14. The lowest BCUT2D eigenvalue weighted by molar-refractivity contribution is 0.103. The van der Waals surface area contributed by atoms with Crippen LogP contribution in [0.5, 0.6) is 0 Å². The zero-order valence-electron chi connectivity index (χ0n) is 9.08. The van der Waals surface area contributed by atoms with E-state index in [0.29, 0.717) is 21.3 Å². The van der Waals surface area contributed by atoms with Gasteiger partial charge in [0.1, 0.15) is 5.69 Å². The first-order valence-electron chi connectivity index (χ1n) is 5.01.